The van der Waals surface area contributed by atoms with Gasteiger partial charge < -0.3 is 9.84 Å². The molecule has 188 valence electrons. The highest BCUT2D eigenvalue weighted by Crippen LogP contribution is 2.30. The lowest BCUT2D eigenvalue weighted by Crippen LogP contribution is -2.54. The van der Waals surface area contributed by atoms with E-state index in [1.54, 1.807) is 24.3 Å². The van der Waals surface area contributed by atoms with E-state index in [0.717, 1.165) is 21.2 Å². The van der Waals surface area contributed by atoms with Crippen molar-refractivity contribution < 1.29 is 24.2 Å². The highest BCUT2D eigenvalue weighted by molar-refractivity contribution is 9.10. The summed E-state index contributed by atoms with van der Waals surface area (Å²) >= 11 is 8.72. The van der Waals surface area contributed by atoms with Crippen molar-refractivity contribution in [3.05, 3.63) is 112 Å². The summed E-state index contributed by atoms with van der Waals surface area (Å²) in [6, 6.07) is 25.2. The predicted molar refractivity (Wildman–Crippen MR) is 152 cm³/mol. The number of anilines is 1. The summed E-state index contributed by atoms with van der Waals surface area (Å²) in [7, 11) is 0. The summed E-state index contributed by atoms with van der Waals surface area (Å²) in [5.41, 5.74) is 1.72. The van der Waals surface area contributed by atoms with Crippen LogP contribution in [0.15, 0.2) is 95.0 Å². The first kappa shape index (κ1) is 25.3. The number of rotatable bonds is 6. The molecular weight excluding hydrogens is 568 g/mol. The van der Waals surface area contributed by atoms with Gasteiger partial charge in [0.25, 0.3) is 11.8 Å². The number of thiocarbonyl (C=S) groups is 1. The summed E-state index contributed by atoms with van der Waals surface area (Å²) < 4.78 is 6.70. The van der Waals surface area contributed by atoms with Gasteiger partial charge in [-0.05, 0) is 86.5 Å². The van der Waals surface area contributed by atoms with Gasteiger partial charge in [-0.3, -0.25) is 19.8 Å². The number of carbonyl (C=O) groups excluding carboxylic acids is 2. The monoisotopic (exact) mass is 586 g/mol. The van der Waals surface area contributed by atoms with E-state index in [4.69, 9.17) is 17.0 Å². The normalized spacial score (nSPS) is 14.6. The SMILES string of the molecule is O=C1NC(=S)N(c2cccc(C(=O)O)c2)C(=O)C1=Cc1ccc(OCc2cccc3ccccc23)c(Br)c1. The Hall–Kier alpha value is -4.34. The second-order valence-corrected chi connectivity index (χ2v) is 9.67. The molecular formula is C29H19BrN2O5S. The molecule has 2 N–H and O–H groups in total. The Morgan fingerprint density at radius 3 is 2.55 bits per heavy atom. The number of amides is 2. The largest absolute Gasteiger partial charge is 0.488 e. The quantitative estimate of drug-likeness (QED) is 0.171. The highest BCUT2D eigenvalue weighted by Gasteiger charge is 2.34. The molecule has 0 spiro atoms. The van der Waals surface area contributed by atoms with Gasteiger partial charge in [0.1, 0.15) is 17.9 Å². The van der Waals surface area contributed by atoms with E-state index in [2.05, 4.69) is 39.4 Å². The van der Waals surface area contributed by atoms with Gasteiger partial charge >= 0.3 is 5.97 Å². The molecule has 0 bridgehead atoms. The molecule has 0 unspecified atom stereocenters. The minimum absolute atomic E-state index is 0.0106. The number of benzene rings is 4. The van der Waals surface area contributed by atoms with E-state index >= 15 is 0 Å². The lowest BCUT2D eigenvalue weighted by Gasteiger charge is -2.29. The van der Waals surface area contributed by atoms with Gasteiger partial charge in [0, 0.05) is 0 Å². The Kier molecular flexibility index (Phi) is 7.04. The van der Waals surface area contributed by atoms with Crippen molar-refractivity contribution in [3.63, 3.8) is 0 Å². The minimum Gasteiger partial charge on any atom is -0.488 e. The molecule has 0 saturated carbocycles. The maximum absolute atomic E-state index is 13.3. The van der Waals surface area contributed by atoms with Crippen LogP contribution in [-0.4, -0.2) is 28.0 Å². The van der Waals surface area contributed by atoms with Crippen LogP contribution in [0, 0.1) is 0 Å². The standard InChI is InChI=1S/C29H19BrN2O5S/c30-24-14-17(11-12-25(24)37-16-20-8-3-6-18-5-1-2-10-22(18)20)13-23-26(33)31-29(38)32(27(23)34)21-9-4-7-19(15-21)28(35)36/h1-15H,16H2,(H,35,36)(H,31,33,38). The van der Waals surface area contributed by atoms with Crippen molar-refractivity contribution in [1.82, 2.24) is 5.32 Å². The number of nitrogens with one attached hydrogen (secondary N) is 1. The molecule has 0 aliphatic carbocycles. The third-order valence-electron chi connectivity index (χ3n) is 5.98. The highest BCUT2D eigenvalue weighted by atomic mass is 79.9. The van der Waals surface area contributed by atoms with E-state index in [1.807, 2.05) is 24.3 Å². The Bertz CT molecular complexity index is 1660. The number of fused-ring (bicyclic) bond motifs is 1. The first-order valence-electron chi connectivity index (χ1n) is 11.5. The maximum Gasteiger partial charge on any atom is 0.335 e. The van der Waals surface area contributed by atoms with Gasteiger partial charge in [0.15, 0.2) is 5.11 Å². The number of hydrogen-bond acceptors (Lipinski definition) is 5. The van der Waals surface area contributed by atoms with Gasteiger partial charge in [-0.25, -0.2) is 4.79 Å². The van der Waals surface area contributed by atoms with Gasteiger partial charge in [0.05, 0.1) is 15.7 Å². The van der Waals surface area contributed by atoms with Crippen LogP contribution in [0.5, 0.6) is 5.75 Å². The van der Waals surface area contributed by atoms with Crippen LogP contribution < -0.4 is 15.0 Å². The van der Waals surface area contributed by atoms with E-state index in [1.165, 1.54) is 24.3 Å². The topological polar surface area (TPSA) is 95.9 Å². The molecule has 9 heteroatoms. The molecule has 0 radical (unpaired) electrons. The van der Waals surface area contributed by atoms with Crippen molar-refractivity contribution in [2.75, 3.05) is 4.90 Å². The number of carboxylic acid groups (broad SMARTS) is 1. The maximum atomic E-state index is 13.3. The predicted octanol–water partition coefficient (Wildman–Crippen LogP) is 5.71. The fraction of sp³-hybridized carbons (Fsp3) is 0.0345. The molecule has 4 aromatic carbocycles. The van der Waals surface area contributed by atoms with Gasteiger partial charge in [-0.2, -0.15) is 0 Å². The first-order valence-corrected chi connectivity index (χ1v) is 12.7. The minimum atomic E-state index is -1.14. The van der Waals surface area contributed by atoms with E-state index in [0.29, 0.717) is 22.4 Å². The molecule has 0 aromatic heterocycles. The Morgan fingerprint density at radius 2 is 1.76 bits per heavy atom. The lowest BCUT2D eigenvalue weighted by atomic mass is 10.1. The molecule has 1 aliphatic rings. The van der Waals surface area contributed by atoms with E-state index in [-0.39, 0.29) is 21.9 Å². The van der Waals surface area contributed by atoms with E-state index in [9.17, 15) is 19.5 Å². The van der Waals surface area contributed by atoms with Crippen LogP contribution in [-0.2, 0) is 16.2 Å². The second kappa shape index (κ2) is 10.6. The summed E-state index contributed by atoms with van der Waals surface area (Å²) in [4.78, 5) is 38.4. The molecule has 4 aromatic rings. The van der Waals surface area contributed by atoms with Crippen LogP contribution in [0.3, 0.4) is 0 Å². The Labute approximate surface area is 231 Å². The van der Waals surface area contributed by atoms with Crippen molar-refractivity contribution in [1.29, 1.82) is 0 Å². The summed E-state index contributed by atoms with van der Waals surface area (Å²) in [6.07, 6.45) is 1.45. The third-order valence-corrected chi connectivity index (χ3v) is 6.89. The third kappa shape index (κ3) is 5.06. The smallest absolute Gasteiger partial charge is 0.335 e. The first-order chi connectivity index (χ1) is 18.3. The van der Waals surface area contributed by atoms with Crippen molar-refractivity contribution in [2.45, 2.75) is 6.61 Å². The van der Waals surface area contributed by atoms with Crippen LogP contribution in [0.2, 0.25) is 0 Å². The number of hydrogen-bond donors (Lipinski definition) is 2. The molecule has 1 saturated heterocycles. The molecule has 7 nitrogen and oxygen atoms in total. The fourth-order valence-electron chi connectivity index (χ4n) is 4.13. The van der Waals surface area contributed by atoms with Gasteiger partial charge in [0.2, 0.25) is 0 Å². The second-order valence-electron chi connectivity index (χ2n) is 8.43. The molecule has 2 amide bonds. The average molecular weight is 587 g/mol. The number of ether oxygens (including phenoxy) is 1. The average Bonchev–Trinajstić information content (AvgIpc) is 2.90. The molecule has 38 heavy (non-hydrogen) atoms. The number of carboxylic acids is 1. The summed E-state index contributed by atoms with van der Waals surface area (Å²) in [6.45, 7) is 0.364. The van der Waals surface area contributed by atoms with Gasteiger partial charge in [-0.15, -0.1) is 0 Å². The summed E-state index contributed by atoms with van der Waals surface area (Å²) in [5, 5.41) is 13.9. The van der Waals surface area contributed by atoms with Crippen LogP contribution in [0.25, 0.3) is 16.8 Å². The lowest BCUT2D eigenvalue weighted by molar-refractivity contribution is -0.122. The molecule has 1 aliphatic heterocycles. The van der Waals surface area contributed by atoms with Crippen molar-refractivity contribution in [2.24, 2.45) is 0 Å². The van der Waals surface area contributed by atoms with Crippen LogP contribution in [0.4, 0.5) is 5.69 Å². The Balaban J connectivity index is 1.38. The number of halogens is 1. The number of aromatic carboxylic acids is 1. The zero-order valence-electron chi connectivity index (χ0n) is 19.7. The van der Waals surface area contributed by atoms with Crippen LogP contribution >= 0.6 is 28.1 Å². The van der Waals surface area contributed by atoms with Crippen molar-refractivity contribution in [3.8, 4) is 5.75 Å². The summed E-state index contributed by atoms with van der Waals surface area (Å²) in [5.74, 6) is -1.84. The molecule has 0 atom stereocenters. The molecule has 5 rings (SSSR count). The van der Waals surface area contributed by atoms with E-state index < -0.39 is 17.8 Å². The molecule has 1 heterocycles. The zero-order chi connectivity index (χ0) is 26.8. The Morgan fingerprint density at radius 1 is 1.00 bits per heavy atom. The fourth-order valence-corrected chi connectivity index (χ4v) is 4.93. The van der Waals surface area contributed by atoms with Crippen molar-refractivity contribution >= 4 is 73.6 Å². The van der Waals surface area contributed by atoms with Crippen LogP contribution in [0.1, 0.15) is 21.5 Å². The number of carbonyl (C=O) groups is 3. The molecule has 1 fully saturated rings. The van der Waals surface area contributed by atoms with Gasteiger partial charge in [-0.1, -0.05) is 54.6 Å². The zero-order valence-corrected chi connectivity index (χ0v) is 22.1. The number of nitrogens with zero attached hydrogens (tertiary/aromatic N) is 1.